The molecule has 1 N–H and O–H groups in total. The van der Waals surface area contributed by atoms with Crippen molar-refractivity contribution in [2.45, 2.75) is 70.7 Å². The SMILES string of the molecule is CCC(C(=O)NC1CCCCC1)N(Cc1ccccc1Cl)C(=O)CN(c1ccc(OCc2ccccc2)cc1)S(C)(=O)=O. The lowest BCUT2D eigenvalue weighted by Gasteiger charge is -2.34. The minimum absolute atomic E-state index is 0.0684. The number of carbonyl (C=O) groups excluding carboxylic acids is 2. The Morgan fingerprint density at radius 3 is 2.23 bits per heavy atom. The third-order valence-corrected chi connectivity index (χ3v) is 9.20. The number of sulfonamides is 1. The van der Waals surface area contributed by atoms with Crippen LogP contribution in [0.5, 0.6) is 5.75 Å². The van der Waals surface area contributed by atoms with Crippen molar-refractivity contribution in [2.75, 3.05) is 17.1 Å². The van der Waals surface area contributed by atoms with Gasteiger partial charge in [0.15, 0.2) is 0 Å². The number of carbonyl (C=O) groups is 2. The maximum atomic E-state index is 14.0. The zero-order valence-corrected chi connectivity index (χ0v) is 26.3. The first-order chi connectivity index (χ1) is 20.7. The number of benzene rings is 3. The molecule has 1 aliphatic carbocycles. The van der Waals surface area contributed by atoms with Crippen molar-refractivity contribution in [3.05, 3.63) is 95.0 Å². The molecule has 0 heterocycles. The van der Waals surface area contributed by atoms with Gasteiger partial charge in [0, 0.05) is 17.6 Å². The van der Waals surface area contributed by atoms with Crippen molar-refractivity contribution in [1.82, 2.24) is 10.2 Å². The molecule has 0 bridgehead atoms. The van der Waals surface area contributed by atoms with Crippen LogP contribution >= 0.6 is 11.6 Å². The molecular formula is C33H40ClN3O5S. The van der Waals surface area contributed by atoms with E-state index in [1.54, 1.807) is 42.5 Å². The van der Waals surface area contributed by atoms with E-state index in [0.717, 1.165) is 48.2 Å². The number of hydrogen-bond acceptors (Lipinski definition) is 5. The highest BCUT2D eigenvalue weighted by Crippen LogP contribution is 2.25. The van der Waals surface area contributed by atoms with E-state index in [-0.39, 0.29) is 18.5 Å². The zero-order valence-electron chi connectivity index (χ0n) is 24.7. The van der Waals surface area contributed by atoms with Gasteiger partial charge in [-0.2, -0.15) is 0 Å². The fourth-order valence-electron chi connectivity index (χ4n) is 5.34. The molecule has 1 saturated carbocycles. The number of amides is 2. The van der Waals surface area contributed by atoms with Crippen LogP contribution in [0.25, 0.3) is 0 Å². The summed E-state index contributed by atoms with van der Waals surface area (Å²) in [5.74, 6) is -0.167. The summed E-state index contributed by atoms with van der Waals surface area (Å²) >= 11 is 6.45. The molecule has 4 rings (SSSR count). The van der Waals surface area contributed by atoms with Crippen LogP contribution in [0.1, 0.15) is 56.6 Å². The summed E-state index contributed by atoms with van der Waals surface area (Å²) in [6.45, 7) is 1.81. The predicted octanol–water partition coefficient (Wildman–Crippen LogP) is 5.94. The second kappa shape index (κ2) is 15.3. The molecule has 1 atom stereocenters. The van der Waals surface area contributed by atoms with E-state index in [9.17, 15) is 18.0 Å². The van der Waals surface area contributed by atoms with Crippen LogP contribution in [-0.4, -0.2) is 50.0 Å². The molecule has 0 saturated heterocycles. The first kappa shape index (κ1) is 32.4. The maximum Gasteiger partial charge on any atom is 0.244 e. The Bertz CT molecular complexity index is 1460. The van der Waals surface area contributed by atoms with E-state index < -0.39 is 28.5 Å². The average molecular weight is 626 g/mol. The molecule has 1 unspecified atom stereocenters. The van der Waals surface area contributed by atoms with E-state index in [2.05, 4.69) is 5.32 Å². The van der Waals surface area contributed by atoms with Crippen LogP contribution in [0.4, 0.5) is 5.69 Å². The van der Waals surface area contributed by atoms with Gasteiger partial charge in [0.1, 0.15) is 24.9 Å². The highest BCUT2D eigenvalue weighted by Gasteiger charge is 2.33. The van der Waals surface area contributed by atoms with Crippen molar-refractivity contribution in [3.8, 4) is 5.75 Å². The number of nitrogens with zero attached hydrogens (tertiary/aromatic N) is 2. The van der Waals surface area contributed by atoms with Gasteiger partial charge in [-0.15, -0.1) is 0 Å². The topological polar surface area (TPSA) is 96.0 Å². The van der Waals surface area contributed by atoms with E-state index in [1.165, 1.54) is 4.90 Å². The van der Waals surface area contributed by atoms with Gasteiger partial charge in [-0.3, -0.25) is 13.9 Å². The summed E-state index contributed by atoms with van der Waals surface area (Å²) in [5.41, 5.74) is 2.00. The second-order valence-electron chi connectivity index (χ2n) is 10.9. The molecule has 1 aliphatic rings. The molecule has 10 heteroatoms. The van der Waals surface area contributed by atoms with Crippen LogP contribution in [-0.2, 0) is 32.8 Å². The predicted molar refractivity (Wildman–Crippen MR) is 171 cm³/mol. The molecule has 1 fully saturated rings. The number of rotatable bonds is 13. The third kappa shape index (κ3) is 9.21. The van der Waals surface area contributed by atoms with Crippen LogP contribution in [0.2, 0.25) is 5.02 Å². The molecule has 0 aromatic heterocycles. The summed E-state index contributed by atoms with van der Waals surface area (Å²) in [5, 5.41) is 3.61. The van der Waals surface area contributed by atoms with Crippen LogP contribution < -0.4 is 14.4 Å². The third-order valence-electron chi connectivity index (χ3n) is 7.69. The largest absolute Gasteiger partial charge is 0.489 e. The van der Waals surface area contributed by atoms with Gasteiger partial charge in [-0.1, -0.05) is 86.3 Å². The van der Waals surface area contributed by atoms with Gasteiger partial charge in [0.05, 0.1) is 11.9 Å². The minimum Gasteiger partial charge on any atom is -0.489 e. The summed E-state index contributed by atoms with van der Waals surface area (Å²) in [6.07, 6.45) is 6.52. The number of hydrogen-bond donors (Lipinski definition) is 1. The molecule has 3 aromatic carbocycles. The van der Waals surface area contributed by atoms with Crippen LogP contribution in [0, 0.1) is 0 Å². The van der Waals surface area contributed by atoms with Crippen molar-refractivity contribution in [3.63, 3.8) is 0 Å². The fraction of sp³-hybridized carbons (Fsp3) is 0.394. The average Bonchev–Trinajstić information content (AvgIpc) is 3.00. The standard InChI is InChI=1S/C33H40ClN3O5S/c1-3-31(33(39)35-27-15-8-5-9-16-27)36(22-26-14-10-11-17-30(26)34)32(38)23-37(43(2,40)41)28-18-20-29(21-19-28)42-24-25-12-6-4-7-13-25/h4,6-7,10-14,17-21,27,31H,3,5,8-9,15-16,22-24H2,1-2H3,(H,35,39). The van der Waals surface area contributed by atoms with Gasteiger partial charge in [0.2, 0.25) is 21.8 Å². The van der Waals surface area contributed by atoms with E-state index >= 15 is 0 Å². The number of halogens is 1. The Labute approximate surface area is 260 Å². The molecule has 0 radical (unpaired) electrons. The van der Waals surface area contributed by atoms with E-state index in [0.29, 0.717) is 35.1 Å². The molecule has 0 aliphatic heterocycles. The molecule has 43 heavy (non-hydrogen) atoms. The summed E-state index contributed by atoms with van der Waals surface area (Å²) in [7, 11) is -3.85. The van der Waals surface area contributed by atoms with Crippen LogP contribution in [0.15, 0.2) is 78.9 Å². The summed E-state index contributed by atoms with van der Waals surface area (Å²) < 4.78 is 32.8. The van der Waals surface area contributed by atoms with Crippen molar-refractivity contribution in [2.24, 2.45) is 0 Å². The number of nitrogens with one attached hydrogen (secondary N) is 1. The maximum absolute atomic E-state index is 14.0. The first-order valence-corrected chi connectivity index (χ1v) is 17.0. The van der Waals surface area contributed by atoms with Gasteiger partial charge < -0.3 is 15.0 Å². The highest BCUT2D eigenvalue weighted by atomic mass is 35.5. The Hall–Kier alpha value is -3.56. The highest BCUT2D eigenvalue weighted by molar-refractivity contribution is 7.92. The second-order valence-corrected chi connectivity index (χ2v) is 13.2. The van der Waals surface area contributed by atoms with Gasteiger partial charge in [-0.25, -0.2) is 8.42 Å². The number of anilines is 1. The Kier molecular flexibility index (Phi) is 11.5. The normalized spacial score (nSPS) is 14.5. The smallest absolute Gasteiger partial charge is 0.244 e. The zero-order chi connectivity index (χ0) is 30.8. The van der Waals surface area contributed by atoms with Crippen molar-refractivity contribution < 1.29 is 22.7 Å². The summed E-state index contributed by atoms with van der Waals surface area (Å²) in [6, 6.07) is 22.7. The summed E-state index contributed by atoms with van der Waals surface area (Å²) in [4.78, 5) is 29.0. The van der Waals surface area contributed by atoms with Crippen molar-refractivity contribution in [1.29, 1.82) is 0 Å². The fourth-order valence-corrected chi connectivity index (χ4v) is 6.38. The van der Waals surface area contributed by atoms with Crippen LogP contribution in [0.3, 0.4) is 0 Å². The van der Waals surface area contributed by atoms with Gasteiger partial charge >= 0.3 is 0 Å². The Balaban J connectivity index is 1.55. The Morgan fingerprint density at radius 2 is 1.60 bits per heavy atom. The monoisotopic (exact) mass is 625 g/mol. The lowest BCUT2D eigenvalue weighted by atomic mass is 9.95. The molecule has 0 spiro atoms. The van der Waals surface area contributed by atoms with E-state index in [4.69, 9.17) is 16.3 Å². The van der Waals surface area contributed by atoms with Gasteiger partial charge in [0.25, 0.3) is 0 Å². The first-order valence-electron chi connectivity index (χ1n) is 14.7. The van der Waals surface area contributed by atoms with E-state index in [1.807, 2.05) is 43.3 Å². The molecule has 2 amide bonds. The van der Waals surface area contributed by atoms with Crippen molar-refractivity contribution >= 4 is 39.1 Å². The number of ether oxygens (including phenoxy) is 1. The quantitative estimate of drug-likeness (QED) is 0.254. The lowest BCUT2D eigenvalue weighted by Crippen LogP contribution is -2.54. The Morgan fingerprint density at radius 1 is 0.953 bits per heavy atom. The molecule has 230 valence electrons. The molecular weight excluding hydrogens is 586 g/mol. The van der Waals surface area contributed by atoms with Gasteiger partial charge in [-0.05, 0) is 60.7 Å². The minimum atomic E-state index is -3.85. The molecule has 3 aromatic rings. The lowest BCUT2D eigenvalue weighted by molar-refractivity contribution is -0.140. The molecule has 8 nitrogen and oxygen atoms in total.